The van der Waals surface area contributed by atoms with Crippen LogP contribution < -0.4 is 9.54 Å². The maximum Gasteiger partial charge on any atom is 0.279 e. The third-order valence-corrected chi connectivity index (χ3v) is 4.81. The fourth-order valence-electron chi connectivity index (χ4n) is 2.58. The summed E-state index contributed by atoms with van der Waals surface area (Å²) < 4.78 is 8.63. The fraction of sp³-hybridized carbons (Fsp3) is 0.263. The lowest BCUT2D eigenvalue weighted by Crippen LogP contribution is -2.15. The average molecular weight is 340 g/mol. The minimum atomic E-state index is -0.233. The molecule has 0 saturated heterocycles. The first-order valence-electron chi connectivity index (χ1n) is 8.04. The SMILES string of the molecule is CCOc1ccc(C(=O)N=c2sc3cc(C)ccc3n2CC)cc1. The van der Waals surface area contributed by atoms with E-state index in [1.54, 1.807) is 35.6 Å². The molecule has 1 amide bonds. The molecule has 24 heavy (non-hydrogen) atoms. The highest BCUT2D eigenvalue weighted by molar-refractivity contribution is 7.16. The summed E-state index contributed by atoms with van der Waals surface area (Å²) in [5.41, 5.74) is 2.89. The highest BCUT2D eigenvalue weighted by Gasteiger charge is 2.08. The van der Waals surface area contributed by atoms with Gasteiger partial charge in [0.05, 0.1) is 16.8 Å². The Morgan fingerprint density at radius 2 is 1.92 bits per heavy atom. The predicted octanol–water partition coefficient (Wildman–Crippen LogP) is 4.17. The zero-order valence-corrected chi connectivity index (χ0v) is 14.9. The second-order valence-electron chi connectivity index (χ2n) is 5.47. The van der Waals surface area contributed by atoms with Gasteiger partial charge in [-0.1, -0.05) is 17.4 Å². The van der Waals surface area contributed by atoms with Crippen LogP contribution in [0, 0.1) is 6.92 Å². The van der Waals surface area contributed by atoms with Crippen molar-refractivity contribution in [3.05, 3.63) is 58.4 Å². The molecule has 0 fully saturated rings. The van der Waals surface area contributed by atoms with Crippen LogP contribution in [0.1, 0.15) is 29.8 Å². The van der Waals surface area contributed by atoms with E-state index < -0.39 is 0 Å². The summed E-state index contributed by atoms with van der Waals surface area (Å²) >= 11 is 1.55. The lowest BCUT2D eigenvalue weighted by Gasteiger charge is -2.03. The molecule has 0 bridgehead atoms. The van der Waals surface area contributed by atoms with Gasteiger partial charge in [0.1, 0.15) is 5.75 Å². The van der Waals surface area contributed by atoms with Crippen molar-refractivity contribution in [2.75, 3.05) is 6.61 Å². The largest absolute Gasteiger partial charge is 0.494 e. The van der Waals surface area contributed by atoms with Crippen molar-refractivity contribution in [1.82, 2.24) is 4.57 Å². The Hall–Kier alpha value is -2.40. The Labute approximate surface area is 145 Å². The van der Waals surface area contributed by atoms with Crippen LogP contribution in [0.5, 0.6) is 5.75 Å². The van der Waals surface area contributed by atoms with Crippen LogP contribution in [0.15, 0.2) is 47.5 Å². The predicted molar refractivity (Wildman–Crippen MR) is 97.7 cm³/mol. The monoisotopic (exact) mass is 340 g/mol. The molecule has 3 rings (SSSR count). The number of thiazole rings is 1. The third kappa shape index (κ3) is 3.26. The molecule has 0 radical (unpaired) electrons. The van der Waals surface area contributed by atoms with E-state index in [4.69, 9.17) is 4.74 Å². The lowest BCUT2D eigenvalue weighted by molar-refractivity contribution is 0.0998. The molecule has 0 spiro atoms. The Morgan fingerprint density at radius 3 is 2.58 bits per heavy atom. The van der Waals surface area contributed by atoms with Gasteiger partial charge < -0.3 is 9.30 Å². The molecule has 0 saturated carbocycles. The summed E-state index contributed by atoms with van der Waals surface area (Å²) in [4.78, 5) is 17.6. The molecular weight excluding hydrogens is 320 g/mol. The number of ether oxygens (including phenoxy) is 1. The molecule has 2 aromatic carbocycles. The van der Waals surface area contributed by atoms with Gasteiger partial charge in [0.15, 0.2) is 4.80 Å². The first kappa shape index (κ1) is 16.5. The number of aromatic nitrogens is 1. The second-order valence-corrected chi connectivity index (χ2v) is 6.48. The molecule has 1 aromatic heterocycles. The van der Waals surface area contributed by atoms with Crippen LogP contribution >= 0.6 is 11.3 Å². The zero-order valence-electron chi connectivity index (χ0n) is 14.1. The van der Waals surface area contributed by atoms with E-state index in [1.807, 2.05) is 6.92 Å². The fourth-order valence-corrected chi connectivity index (χ4v) is 3.77. The van der Waals surface area contributed by atoms with Crippen molar-refractivity contribution in [3.8, 4) is 5.75 Å². The van der Waals surface area contributed by atoms with Crippen molar-refractivity contribution >= 4 is 27.5 Å². The summed E-state index contributed by atoms with van der Waals surface area (Å²) in [6.07, 6.45) is 0. The summed E-state index contributed by atoms with van der Waals surface area (Å²) in [6.45, 7) is 7.44. The first-order chi connectivity index (χ1) is 11.6. The minimum absolute atomic E-state index is 0.233. The van der Waals surface area contributed by atoms with Crippen LogP contribution in [-0.4, -0.2) is 17.1 Å². The van der Waals surface area contributed by atoms with Crippen molar-refractivity contribution in [1.29, 1.82) is 0 Å². The van der Waals surface area contributed by atoms with Gasteiger partial charge in [-0.2, -0.15) is 4.99 Å². The molecule has 0 aliphatic rings. The second kappa shape index (κ2) is 7.01. The highest BCUT2D eigenvalue weighted by atomic mass is 32.1. The third-order valence-electron chi connectivity index (χ3n) is 3.76. The van der Waals surface area contributed by atoms with E-state index >= 15 is 0 Å². The maximum absolute atomic E-state index is 12.5. The van der Waals surface area contributed by atoms with Gasteiger partial charge >= 0.3 is 0 Å². The number of carbonyl (C=O) groups is 1. The number of aryl methyl sites for hydroxylation is 2. The number of nitrogens with zero attached hydrogens (tertiary/aromatic N) is 2. The number of amides is 1. The van der Waals surface area contributed by atoms with Crippen LogP contribution in [-0.2, 0) is 6.54 Å². The molecule has 0 N–H and O–H groups in total. The smallest absolute Gasteiger partial charge is 0.279 e. The van der Waals surface area contributed by atoms with E-state index in [0.29, 0.717) is 12.2 Å². The molecule has 0 atom stereocenters. The topological polar surface area (TPSA) is 43.6 Å². The Bertz CT molecular complexity index is 936. The van der Waals surface area contributed by atoms with Crippen LogP contribution in [0.4, 0.5) is 0 Å². The Balaban J connectivity index is 2.00. The Kier molecular flexibility index (Phi) is 4.81. The van der Waals surface area contributed by atoms with E-state index in [2.05, 4.69) is 41.6 Å². The van der Waals surface area contributed by atoms with Crippen molar-refractivity contribution in [2.24, 2.45) is 4.99 Å². The van der Waals surface area contributed by atoms with E-state index in [0.717, 1.165) is 27.3 Å². The van der Waals surface area contributed by atoms with Crippen molar-refractivity contribution in [2.45, 2.75) is 27.3 Å². The number of rotatable bonds is 4. The van der Waals surface area contributed by atoms with Crippen molar-refractivity contribution < 1.29 is 9.53 Å². The van der Waals surface area contributed by atoms with Gasteiger partial charge in [-0.25, -0.2) is 0 Å². The molecule has 4 nitrogen and oxygen atoms in total. The summed E-state index contributed by atoms with van der Waals surface area (Å²) in [5, 5.41) is 0. The maximum atomic E-state index is 12.5. The highest BCUT2D eigenvalue weighted by Crippen LogP contribution is 2.19. The van der Waals surface area contributed by atoms with Gasteiger partial charge in [-0.15, -0.1) is 0 Å². The van der Waals surface area contributed by atoms with E-state index in [9.17, 15) is 4.79 Å². The van der Waals surface area contributed by atoms with E-state index in [-0.39, 0.29) is 5.91 Å². The van der Waals surface area contributed by atoms with Gasteiger partial charge in [-0.3, -0.25) is 4.79 Å². The number of fused-ring (bicyclic) bond motifs is 1. The normalized spacial score (nSPS) is 11.9. The molecular formula is C19H20N2O2S. The molecule has 5 heteroatoms. The molecule has 0 unspecified atom stereocenters. The molecule has 3 aromatic rings. The number of carbonyl (C=O) groups excluding carboxylic acids is 1. The standard InChI is InChI=1S/C19H20N2O2S/c1-4-21-16-11-6-13(3)12-17(16)24-19(21)20-18(22)14-7-9-15(10-8-14)23-5-2/h6-12H,4-5H2,1-3H3. The van der Waals surface area contributed by atoms with Gasteiger partial charge in [-0.05, 0) is 62.7 Å². The molecule has 1 heterocycles. The lowest BCUT2D eigenvalue weighted by atomic mass is 10.2. The summed E-state index contributed by atoms with van der Waals surface area (Å²) in [5.74, 6) is 0.526. The van der Waals surface area contributed by atoms with Gasteiger partial charge in [0.2, 0.25) is 0 Å². The molecule has 0 aliphatic heterocycles. The quantitative estimate of drug-likeness (QED) is 0.715. The minimum Gasteiger partial charge on any atom is -0.494 e. The van der Waals surface area contributed by atoms with Crippen LogP contribution in [0.25, 0.3) is 10.2 Å². The number of hydrogen-bond donors (Lipinski definition) is 0. The molecule has 124 valence electrons. The average Bonchev–Trinajstić information content (AvgIpc) is 2.91. The van der Waals surface area contributed by atoms with Crippen molar-refractivity contribution in [3.63, 3.8) is 0 Å². The van der Waals surface area contributed by atoms with Gasteiger partial charge in [0.25, 0.3) is 5.91 Å². The summed E-state index contributed by atoms with van der Waals surface area (Å²) in [7, 11) is 0. The van der Waals surface area contributed by atoms with Crippen LogP contribution in [0.3, 0.4) is 0 Å². The van der Waals surface area contributed by atoms with E-state index in [1.165, 1.54) is 5.56 Å². The van der Waals surface area contributed by atoms with Gasteiger partial charge in [0, 0.05) is 12.1 Å². The van der Waals surface area contributed by atoms with Crippen LogP contribution in [0.2, 0.25) is 0 Å². The number of benzene rings is 2. The number of hydrogen-bond acceptors (Lipinski definition) is 3. The summed E-state index contributed by atoms with van der Waals surface area (Å²) in [6, 6.07) is 13.4. The zero-order chi connectivity index (χ0) is 17.1. The first-order valence-corrected chi connectivity index (χ1v) is 8.86. The Morgan fingerprint density at radius 1 is 1.17 bits per heavy atom. The molecule has 0 aliphatic carbocycles.